The molecule has 1 aromatic heterocycles. The number of terminal acetylenes is 1. The molecule has 6 nitrogen and oxygen atoms in total. The molecule has 0 unspecified atom stereocenters. The van der Waals surface area contributed by atoms with Gasteiger partial charge in [-0.1, -0.05) is 36.3 Å². The van der Waals surface area contributed by atoms with E-state index in [1.54, 1.807) is 12.0 Å². The number of nitrogens with zero attached hydrogens (tertiary/aromatic N) is 2. The SMILES string of the molecule is C#CCOc1ccc(C=C2SC(=Nc3ccc(OC)cc3)N(CCc3c[nH]c4ccccc34)C2=O)cc1. The van der Waals surface area contributed by atoms with Crippen molar-refractivity contribution in [1.29, 1.82) is 0 Å². The molecule has 1 fully saturated rings. The van der Waals surface area contributed by atoms with E-state index in [4.69, 9.17) is 20.9 Å². The highest BCUT2D eigenvalue weighted by Crippen LogP contribution is 2.35. The highest BCUT2D eigenvalue weighted by atomic mass is 32.2. The fourth-order valence-corrected chi connectivity index (χ4v) is 5.09. The fourth-order valence-electron chi connectivity index (χ4n) is 4.06. The molecule has 7 heteroatoms. The first-order valence-corrected chi connectivity index (χ1v) is 12.6. The lowest BCUT2D eigenvalue weighted by atomic mass is 10.1. The lowest BCUT2D eigenvalue weighted by Gasteiger charge is -2.15. The van der Waals surface area contributed by atoms with Gasteiger partial charge in [-0.25, -0.2) is 4.99 Å². The Bertz CT molecular complexity index is 1510. The monoisotopic (exact) mass is 507 g/mol. The van der Waals surface area contributed by atoms with Crippen LogP contribution in [-0.4, -0.2) is 41.2 Å². The molecule has 5 rings (SSSR count). The van der Waals surface area contributed by atoms with E-state index < -0.39 is 0 Å². The van der Waals surface area contributed by atoms with Gasteiger partial charge >= 0.3 is 0 Å². The Morgan fingerprint density at radius 3 is 2.57 bits per heavy atom. The van der Waals surface area contributed by atoms with Crippen LogP contribution in [0.25, 0.3) is 17.0 Å². The van der Waals surface area contributed by atoms with Crippen LogP contribution in [-0.2, 0) is 11.2 Å². The van der Waals surface area contributed by atoms with Gasteiger partial charge in [0, 0.05) is 23.6 Å². The summed E-state index contributed by atoms with van der Waals surface area (Å²) in [6, 6.07) is 23.1. The largest absolute Gasteiger partial charge is 0.497 e. The Labute approximate surface area is 220 Å². The molecule has 3 aromatic carbocycles. The van der Waals surface area contributed by atoms with E-state index in [2.05, 4.69) is 23.0 Å². The van der Waals surface area contributed by atoms with Gasteiger partial charge in [0.1, 0.15) is 18.1 Å². The van der Waals surface area contributed by atoms with Gasteiger partial charge < -0.3 is 14.5 Å². The maximum atomic E-state index is 13.5. The quantitative estimate of drug-likeness (QED) is 0.233. The zero-order valence-electron chi connectivity index (χ0n) is 20.3. The zero-order valence-corrected chi connectivity index (χ0v) is 21.1. The minimum atomic E-state index is -0.0650. The summed E-state index contributed by atoms with van der Waals surface area (Å²) in [5, 5.41) is 1.81. The van der Waals surface area contributed by atoms with Gasteiger partial charge in [0.15, 0.2) is 5.17 Å². The number of para-hydroxylation sites is 1. The third kappa shape index (κ3) is 5.55. The number of amides is 1. The number of hydrogen-bond acceptors (Lipinski definition) is 5. The van der Waals surface area contributed by atoms with Gasteiger partial charge in [-0.3, -0.25) is 9.69 Å². The van der Waals surface area contributed by atoms with E-state index in [0.29, 0.717) is 28.8 Å². The normalized spacial score (nSPS) is 15.5. The summed E-state index contributed by atoms with van der Waals surface area (Å²) in [6.45, 7) is 0.726. The summed E-state index contributed by atoms with van der Waals surface area (Å²) in [5.41, 5.74) is 3.90. The Balaban J connectivity index is 1.41. The van der Waals surface area contributed by atoms with Crippen molar-refractivity contribution in [2.75, 3.05) is 20.3 Å². The van der Waals surface area contributed by atoms with Crippen molar-refractivity contribution in [3.8, 4) is 23.8 Å². The van der Waals surface area contributed by atoms with Crippen molar-refractivity contribution in [2.45, 2.75) is 6.42 Å². The number of carbonyl (C=O) groups excluding carboxylic acids is 1. The molecule has 4 aromatic rings. The number of methoxy groups -OCH3 is 1. The van der Waals surface area contributed by atoms with Crippen molar-refractivity contribution in [3.63, 3.8) is 0 Å². The van der Waals surface area contributed by atoms with Gasteiger partial charge in [-0.15, -0.1) is 6.42 Å². The minimum absolute atomic E-state index is 0.0650. The molecule has 1 aliphatic heterocycles. The van der Waals surface area contributed by atoms with Gasteiger partial charge in [-0.05, 0) is 77.9 Å². The van der Waals surface area contributed by atoms with Crippen LogP contribution in [0.5, 0.6) is 11.5 Å². The first kappa shape index (κ1) is 24.3. The summed E-state index contributed by atoms with van der Waals surface area (Å²) < 4.78 is 10.7. The topological polar surface area (TPSA) is 66.9 Å². The molecule has 0 atom stereocenters. The van der Waals surface area contributed by atoms with Crippen molar-refractivity contribution in [1.82, 2.24) is 9.88 Å². The summed E-state index contributed by atoms with van der Waals surface area (Å²) >= 11 is 1.38. The average Bonchev–Trinajstić information content (AvgIpc) is 3.47. The van der Waals surface area contributed by atoms with E-state index >= 15 is 0 Å². The second-order valence-corrected chi connectivity index (χ2v) is 9.34. The number of rotatable bonds is 8. The van der Waals surface area contributed by atoms with E-state index in [0.717, 1.165) is 28.1 Å². The molecule has 2 heterocycles. The summed E-state index contributed by atoms with van der Waals surface area (Å²) in [6.07, 6.45) is 9.86. The zero-order chi connectivity index (χ0) is 25.6. The Hall–Kier alpha value is -4.41. The lowest BCUT2D eigenvalue weighted by molar-refractivity contribution is -0.122. The van der Waals surface area contributed by atoms with Crippen molar-refractivity contribution in [2.24, 2.45) is 4.99 Å². The van der Waals surface area contributed by atoms with Crippen LogP contribution in [0.1, 0.15) is 11.1 Å². The van der Waals surface area contributed by atoms with E-state index in [1.807, 2.05) is 72.9 Å². The highest BCUT2D eigenvalue weighted by Gasteiger charge is 2.33. The molecule has 37 heavy (non-hydrogen) atoms. The first-order chi connectivity index (χ1) is 18.1. The molecule has 0 aliphatic carbocycles. The molecule has 184 valence electrons. The van der Waals surface area contributed by atoms with Crippen LogP contribution < -0.4 is 9.47 Å². The third-order valence-corrected chi connectivity index (χ3v) is 6.97. The number of hydrogen-bond donors (Lipinski definition) is 1. The summed E-state index contributed by atoms with van der Waals surface area (Å²) in [7, 11) is 1.63. The van der Waals surface area contributed by atoms with Crippen LogP contribution >= 0.6 is 11.8 Å². The standard InChI is InChI=1S/C30H25N3O3S/c1-3-18-36-25-12-8-21(9-13-25)19-28-29(34)33(17-16-22-20-31-27-7-5-4-6-26(22)27)30(37-28)32-23-10-14-24(35-2)15-11-23/h1,4-15,19-20,31H,16-18H2,2H3. The van der Waals surface area contributed by atoms with Crippen LogP contribution in [0.2, 0.25) is 0 Å². The van der Waals surface area contributed by atoms with Crippen molar-refractivity contribution >= 4 is 45.5 Å². The first-order valence-electron chi connectivity index (χ1n) is 11.8. The molecule has 0 spiro atoms. The summed E-state index contributed by atoms with van der Waals surface area (Å²) in [5.74, 6) is 3.83. The van der Waals surface area contributed by atoms with Crippen LogP contribution in [0, 0.1) is 12.3 Å². The lowest BCUT2D eigenvalue weighted by Crippen LogP contribution is -2.31. The predicted molar refractivity (Wildman–Crippen MR) is 150 cm³/mol. The predicted octanol–water partition coefficient (Wildman–Crippen LogP) is 6.04. The van der Waals surface area contributed by atoms with Gasteiger partial charge in [-0.2, -0.15) is 0 Å². The maximum absolute atomic E-state index is 13.5. The second kappa shape index (κ2) is 11.1. The van der Waals surface area contributed by atoms with Crippen molar-refractivity contribution < 1.29 is 14.3 Å². The molecular formula is C30H25N3O3S. The molecular weight excluding hydrogens is 482 g/mol. The Morgan fingerprint density at radius 1 is 1.05 bits per heavy atom. The number of thioether (sulfide) groups is 1. The molecule has 0 saturated carbocycles. The van der Waals surface area contributed by atoms with Gasteiger partial charge in [0.25, 0.3) is 5.91 Å². The van der Waals surface area contributed by atoms with E-state index in [-0.39, 0.29) is 12.5 Å². The van der Waals surface area contributed by atoms with E-state index in [9.17, 15) is 4.79 Å². The number of nitrogens with one attached hydrogen (secondary N) is 1. The third-order valence-electron chi connectivity index (χ3n) is 5.96. The maximum Gasteiger partial charge on any atom is 0.266 e. The fraction of sp³-hybridized carbons (Fsp3) is 0.133. The number of fused-ring (bicyclic) bond motifs is 1. The van der Waals surface area contributed by atoms with Gasteiger partial charge in [0.2, 0.25) is 0 Å². The van der Waals surface area contributed by atoms with Crippen LogP contribution in [0.4, 0.5) is 5.69 Å². The van der Waals surface area contributed by atoms with Crippen LogP contribution in [0.15, 0.2) is 88.9 Å². The van der Waals surface area contributed by atoms with Crippen molar-refractivity contribution in [3.05, 3.63) is 95.0 Å². The minimum Gasteiger partial charge on any atom is -0.497 e. The number of amidine groups is 1. The molecule has 0 radical (unpaired) electrons. The molecule has 1 aliphatic rings. The Kier molecular flexibility index (Phi) is 7.29. The smallest absolute Gasteiger partial charge is 0.266 e. The molecule has 1 saturated heterocycles. The number of ether oxygens (including phenoxy) is 2. The number of aromatic nitrogens is 1. The number of H-pyrrole nitrogens is 1. The molecule has 0 bridgehead atoms. The molecule has 1 N–H and O–H groups in total. The molecule has 1 amide bonds. The second-order valence-electron chi connectivity index (χ2n) is 8.33. The average molecular weight is 508 g/mol. The Morgan fingerprint density at radius 2 is 1.81 bits per heavy atom. The van der Waals surface area contributed by atoms with Crippen LogP contribution in [0.3, 0.4) is 0 Å². The number of aromatic amines is 1. The number of aliphatic imine (C=N–C) groups is 1. The van der Waals surface area contributed by atoms with Gasteiger partial charge in [0.05, 0.1) is 17.7 Å². The number of carbonyl (C=O) groups is 1. The number of benzene rings is 3. The van der Waals surface area contributed by atoms with E-state index in [1.165, 1.54) is 17.1 Å². The highest BCUT2D eigenvalue weighted by molar-refractivity contribution is 8.18. The summed E-state index contributed by atoms with van der Waals surface area (Å²) in [4.78, 5) is 24.0.